The van der Waals surface area contributed by atoms with E-state index in [0.29, 0.717) is 0 Å². The van der Waals surface area contributed by atoms with Gasteiger partial charge in [-0.25, -0.2) is 0 Å². The van der Waals surface area contributed by atoms with Gasteiger partial charge in [0.05, 0.1) is 11.8 Å². The molecular formula is C10H12O3. The summed E-state index contributed by atoms with van der Waals surface area (Å²) in [5.74, 6) is -0.956. The minimum atomic E-state index is -0.786. The Morgan fingerprint density at radius 1 is 1.23 bits per heavy atom. The highest BCUT2D eigenvalue weighted by molar-refractivity contribution is 5.95. The summed E-state index contributed by atoms with van der Waals surface area (Å²) in [6, 6.07) is 0. The van der Waals surface area contributed by atoms with Crippen LogP contribution in [0.4, 0.5) is 0 Å². The summed E-state index contributed by atoms with van der Waals surface area (Å²) in [4.78, 5) is 11.5. The van der Waals surface area contributed by atoms with E-state index >= 15 is 0 Å². The molecule has 0 saturated heterocycles. The highest BCUT2D eigenvalue weighted by Gasteiger charge is 2.52. The number of hydrogen-bond donors (Lipinski definition) is 0. The van der Waals surface area contributed by atoms with Gasteiger partial charge in [-0.15, -0.1) is 0 Å². The summed E-state index contributed by atoms with van der Waals surface area (Å²) < 4.78 is 10.7. The minimum Gasteiger partial charge on any atom is -0.351 e. The molecule has 2 aliphatic rings. The Bertz CT molecular complexity index is 287. The molecule has 0 fully saturated rings. The van der Waals surface area contributed by atoms with E-state index in [1.165, 1.54) is 0 Å². The van der Waals surface area contributed by atoms with Crippen LogP contribution >= 0.6 is 0 Å². The van der Waals surface area contributed by atoms with Gasteiger partial charge in [0.25, 0.3) is 0 Å². The van der Waals surface area contributed by atoms with Gasteiger partial charge in [-0.3, -0.25) is 4.79 Å². The van der Waals surface area contributed by atoms with E-state index in [-0.39, 0.29) is 17.6 Å². The van der Waals surface area contributed by atoms with Crippen molar-refractivity contribution in [3.63, 3.8) is 0 Å². The molecule has 70 valence electrons. The number of ketones is 1. The van der Waals surface area contributed by atoms with E-state index in [2.05, 4.69) is 0 Å². The molecule has 0 aromatic heterocycles. The zero-order chi connectivity index (χ0) is 9.47. The maximum Gasteiger partial charge on any atom is 0.190 e. The maximum atomic E-state index is 11.5. The van der Waals surface area contributed by atoms with Crippen molar-refractivity contribution in [3.8, 4) is 0 Å². The molecule has 0 saturated carbocycles. The van der Waals surface area contributed by atoms with Crippen molar-refractivity contribution in [1.29, 1.82) is 0 Å². The second kappa shape index (κ2) is 2.79. The minimum absolute atomic E-state index is 0.0497. The number of methoxy groups -OCH3 is 2. The van der Waals surface area contributed by atoms with Crippen LogP contribution in [0.2, 0.25) is 0 Å². The fraction of sp³-hybridized carbons (Fsp3) is 0.500. The Kier molecular flexibility index (Phi) is 1.86. The third kappa shape index (κ3) is 0.943. The lowest BCUT2D eigenvalue weighted by Crippen LogP contribution is -2.48. The van der Waals surface area contributed by atoms with Gasteiger partial charge in [-0.1, -0.05) is 18.2 Å². The van der Waals surface area contributed by atoms with Crippen LogP contribution in [0, 0.1) is 11.8 Å². The molecule has 3 heteroatoms. The van der Waals surface area contributed by atoms with Crippen LogP contribution in [0.1, 0.15) is 0 Å². The van der Waals surface area contributed by atoms with Gasteiger partial charge in [0, 0.05) is 14.2 Å². The van der Waals surface area contributed by atoms with Gasteiger partial charge >= 0.3 is 0 Å². The molecule has 2 bridgehead atoms. The Morgan fingerprint density at radius 2 is 1.92 bits per heavy atom. The van der Waals surface area contributed by atoms with E-state index in [0.717, 1.165) is 0 Å². The second-order valence-electron chi connectivity index (χ2n) is 3.28. The summed E-state index contributed by atoms with van der Waals surface area (Å²) in [6.07, 6.45) is 7.25. The van der Waals surface area contributed by atoms with Crippen LogP contribution in [0.15, 0.2) is 24.3 Å². The van der Waals surface area contributed by atoms with Crippen molar-refractivity contribution >= 4 is 5.78 Å². The molecule has 0 aliphatic heterocycles. The molecule has 2 rings (SSSR count). The average Bonchev–Trinajstić information content (AvgIpc) is 2.42. The van der Waals surface area contributed by atoms with Gasteiger partial charge < -0.3 is 9.47 Å². The largest absolute Gasteiger partial charge is 0.351 e. The lowest BCUT2D eigenvalue weighted by Gasteiger charge is -2.37. The molecule has 0 aromatic carbocycles. The predicted molar refractivity (Wildman–Crippen MR) is 47.0 cm³/mol. The van der Waals surface area contributed by atoms with Gasteiger partial charge in [-0.05, 0) is 6.08 Å². The number of fused-ring (bicyclic) bond motifs is 2. The summed E-state index contributed by atoms with van der Waals surface area (Å²) in [5, 5.41) is 0. The molecule has 2 aliphatic carbocycles. The van der Waals surface area contributed by atoms with E-state index in [9.17, 15) is 4.79 Å². The summed E-state index contributed by atoms with van der Waals surface area (Å²) in [7, 11) is 3.14. The Morgan fingerprint density at radius 3 is 2.46 bits per heavy atom. The lowest BCUT2D eigenvalue weighted by molar-refractivity contribution is -0.236. The first-order valence-electron chi connectivity index (χ1n) is 4.25. The SMILES string of the molecule is COC1(OC)C2C=CC(=O)C1C=C2. The molecule has 2 unspecified atom stereocenters. The van der Waals surface area contributed by atoms with Crippen LogP contribution < -0.4 is 0 Å². The van der Waals surface area contributed by atoms with Crippen LogP contribution in [0.5, 0.6) is 0 Å². The third-order valence-electron chi connectivity index (χ3n) is 2.82. The van der Waals surface area contributed by atoms with E-state index in [1.807, 2.05) is 18.2 Å². The standard InChI is InChI=1S/C10H12O3/c1-12-10(13-2)7-3-5-8(10)9(11)6-4-7/h3-8H,1-2H3. The van der Waals surface area contributed by atoms with Gasteiger partial charge in [0.15, 0.2) is 11.6 Å². The lowest BCUT2D eigenvalue weighted by atomic mass is 9.85. The Balaban J connectivity index is 2.44. The van der Waals surface area contributed by atoms with Crippen LogP contribution in [0.3, 0.4) is 0 Å². The van der Waals surface area contributed by atoms with Crippen molar-refractivity contribution in [3.05, 3.63) is 24.3 Å². The number of carbonyl (C=O) groups is 1. The van der Waals surface area contributed by atoms with Crippen molar-refractivity contribution in [2.24, 2.45) is 11.8 Å². The Labute approximate surface area is 77.0 Å². The van der Waals surface area contributed by atoms with Gasteiger partial charge in [-0.2, -0.15) is 0 Å². The van der Waals surface area contributed by atoms with Crippen LogP contribution in [-0.4, -0.2) is 25.8 Å². The molecule has 0 N–H and O–H groups in total. The fourth-order valence-corrected chi connectivity index (χ4v) is 2.11. The highest BCUT2D eigenvalue weighted by Crippen LogP contribution is 2.42. The summed E-state index contributed by atoms with van der Waals surface area (Å²) >= 11 is 0. The monoisotopic (exact) mass is 180 g/mol. The first-order chi connectivity index (χ1) is 6.24. The van der Waals surface area contributed by atoms with Crippen molar-refractivity contribution in [1.82, 2.24) is 0 Å². The van der Waals surface area contributed by atoms with Crippen molar-refractivity contribution in [2.75, 3.05) is 14.2 Å². The van der Waals surface area contributed by atoms with Crippen molar-refractivity contribution in [2.45, 2.75) is 5.79 Å². The second-order valence-corrected chi connectivity index (χ2v) is 3.28. The topological polar surface area (TPSA) is 35.5 Å². The molecule has 0 radical (unpaired) electrons. The molecule has 13 heavy (non-hydrogen) atoms. The normalized spacial score (nSPS) is 34.2. The average molecular weight is 180 g/mol. The molecule has 0 heterocycles. The first kappa shape index (κ1) is 8.66. The van der Waals surface area contributed by atoms with Crippen LogP contribution in [-0.2, 0) is 14.3 Å². The van der Waals surface area contributed by atoms with E-state index in [4.69, 9.17) is 9.47 Å². The quantitative estimate of drug-likeness (QED) is 0.468. The first-order valence-corrected chi connectivity index (χ1v) is 4.25. The fourth-order valence-electron chi connectivity index (χ4n) is 2.11. The van der Waals surface area contributed by atoms with Gasteiger partial charge in [0.1, 0.15) is 0 Å². The van der Waals surface area contributed by atoms with E-state index in [1.54, 1.807) is 20.3 Å². The molecule has 2 atom stereocenters. The smallest absolute Gasteiger partial charge is 0.190 e. The zero-order valence-electron chi connectivity index (χ0n) is 7.69. The third-order valence-corrected chi connectivity index (χ3v) is 2.82. The number of hydrogen-bond acceptors (Lipinski definition) is 3. The number of carbonyl (C=O) groups excluding carboxylic acids is 1. The number of rotatable bonds is 2. The summed E-state index contributed by atoms with van der Waals surface area (Å²) in [6.45, 7) is 0. The molecule has 0 amide bonds. The number of allylic oxidation sites excluding steroid dienone is 1. The zero-order valence-corrected chi connectivity index (χ0v) is 7.69. The maximum absolute atomic E-state index is 11.5. The molecule has 3 nitrogen and oxygen atoms in total. The highest BCUT2D eigenvalue weighted by atomic mass is 16.7. The molecule has 0 aromatic rings. The predicted octanol–water partition coefficient (Wildman–Crippen LogP) is 0.917. The van der Waals surface area contributed by atoms with E-state index < -0.39 is 5.79 Å². The Hall–Kier alpha value is -0.930. The van der Waals surface area contributed by atoms with Gasteiger partial charge in [0.2, 0.25) is 0 Å². The number of ether oxygens (including phenoxy) is 2. The van der Waals surface area contributed by atoms with Crippen LogP contribution in [0.25, 0.3) is 0 Å². The van der Waals surface area contributed by atoms with Crippen molar-refractivity contribution < 1.29 is 14.3 Å². The molecular weight excluding hydrogens is 168 g/mol. The molecule has 0 spiro atoms. The summed E-state index contributed by atoms with van der Waals surface area (Å²) in [5.41, 5.74) is 0.